The van der Waals surface area contributed by atoms with Crippen molar-refractivity contribution in [3.63, 3.8) is 0 Å². The number of rotatable bonds is 6. The van der Waals surface area contributed by atoms with Gasteiger partial charge in [-0.15, -0.1) is 0 Å². The molecule has 1 aromatic carbocycles. The minimum atomic E-state index is -2.13. The Morgan fingerprint density at radius 3 is 2.48 bits per heavy atom. The van der Waals surface area contributed by atoms with Gasteiger partial charge >= 0.3 is 6.09 Å². The van der Waals surface area contributed by atoms with Crippen LogP contribution in [-0.4, -0.2) is 45.3 Å². The summed E-state index contributed by atoms with van der Waals surface area (Å²) in [6.45, 7) is 3.30. The Balaban J connectivity index is 2.07. The zero-order chi connectivity index (χ0) is 21.8. The molecule has 0 aromatic heterocycles. The molecule has 1 N–H and O–H groups in total. The van der Waals surface area contributed by atoms with E-state index in [4.69, 9.17) is 51.1 Å². The van der Waals surface area contributed by atoms with Gasteiger partial charge in [-0.05, 0) is 18.9 Å². The molecule has 158 valence electrons. The van der Waals surface area contributed by atoms with Gasteiger partial charge in [-0.2, -0.15) is 0 Å². The predicted molar refractivity (Wildman–Crippen MR) is 113 cm³/mol. The van der Waals surface area contributed by atoms with E-state index in [1.54, 1.807) is 13.8 Å². The van der Waals surface area contributed by atoms with Crippen LogP contribution in [0.5, 0.6) is 0 Å². The Hall–Kier alpha value is -1.47. The van der Waals surface area contributed by atoms with Gasteiger partial charge in [0.15, 0.2) is 0 Å². The number of benzene rings is 1. The molecule has 1 saturated heterocycles. The van der Waals surface area contributed by atoms with Crippen molar-refractivity contribution in [1.82, 2.24) is 10.2 Å². The van der Waals surface area contributed by atoms with Gasteiger partial charge in [0, 0.05) is 5.03 Å². The number of nitrogens with zero attached hydrogens (tertiary/aromatic N) is 1. The number of imide groups is 1. The molecule has 10 heteroatoms. The first-order valence-electron chi connectivity index (χ1n) is 8.79. The van der Waals surface area contributed by atoms with Gasteiger partial charge in [-0.3, -0.25) is 9.59 Å². The average molecular weight is 482 g/mol. The first-order valence-corrected chi connectivity index (χ1v) is 10.3. The Bertz CT molecular complexity index is 795. The third-order valence-corrected chi connectivity index (χ3v) is 5.30. The number of amides is 3. The van der Waals surface area contributed by atoms with E-state index in [1.165, 1.54) is 6.08 Å². The summed E-state index contributed by atoms with van der Waals surface area (Å²) in [5, 5.41) is 2.60. The fraction of sp³-hybridized carbons (Fsp3) is 0.421. The first kappa shape index (κ1) is 23.8. The monoisotopic (exact) mass is 480 g/mol. The topological polar surface area (TPSA) is 75.7 Å². The minimum Gasteiger partial charge on any atom is -0.447 e. The maximum atomic E-state index is 12.9. The number of hydrogen-bond acceptors (Lipinski definition) is 4. The Kier molecular flexibility index (Phi) is 8.23. The molecule has 0 bridgehead atoms. The van der Waals surface area contributed by atoms with Crippen molar-refractivity contribution >= 4 is 64.3 Å². The normalized spacial score (nSPS) is 19.5. The van der Waals surface area contributed by atoms with E-state index in [-0.39, 0.29) is 11.6 Å². The standard InChI is InChI=1S/C19H20Cl4N2O4/c1-11(8-15(20)12(2)24-17(27)19(21,22)23)16(26)25-14(10-29-18(25)28)9-13-6-4-3-5-7-13/h3-8,11-12,14H,9-10H2,1-2H3,(H,24,27)/b15-8-/t11-,12+,14-/m1/s1. The number of alkyl halides is 3. The highest BCUT2D eigenvalue weighted by Gasteiger charge is 2.39. The van der Waals surface area contributed by atoms with Crippen molar-refractivity contribution in [3.05, 3.63) is 47.0 Å². The molecule has 1 aromatic rings. The zero-order valence-corrected chi connectivity index (χ0v) is 18.7. The number of carbonyl (C=O) groups is 3. The Morgan fingerprint density at radius 1 is 1.28 bits per heavy atom. The molecule has 1 fully saturated rings. The summed E-state index contributed by atoms with van der Waals surface area (Å²) in [4.78, 5) is 37.8. The van der Waals surface area contributed by atoms with Gasteiger partial charge in [-0.1, -0.05) is 89.7 Å². The molecule has 29 heavy (non-hydrogen) atoms. The van der Waals surface area contributed by atoms with Crippen LogP contribution in [0, 0.1) is 5.92 Å². The number of halogens is 4. The van der Waals surface area contributed by atoms with Crippen molar-refractivity contribution < 1.29 is 19.1 Å². The Labute approximate surface area is 189 Å². The molecular weight excluding hydrogens is 462 g/mol. The smallest absolute Gasteiger partial charge is 0.417 e. The second-order valence-electron chi connectivity index (χ2n) is 6.66. The van der Waals surface area contributed by atoms with E-state index >= 15 is 0 Å². The van der Waals surface area contributed by atoms with Gasteiger partial charge in [0.2, 0.25) is 5.91 Å². The molecule has 3 atom stereocenters. The maximum Gasteiger partial charge on any atom is 0.417 e. The second kappa shape index (κ2) is 10.0. The van der Waals surface area contributed by atoms with Crippen LogP contribution in [0.2, 0.25) is 0 Å². The van der Waals surface area contributed by atoms with E-state index in [1.807, 2.05) is 30.3 Å². The van der Waals surface area contributed by atoms with Crippen molar-refractivity contribution in [2.45, 2.75) is 36.1 Å². The fourth-order valence-corrected chi connectivity index (χ4v) is 3.20. The summed E-state index contributed by atoms with van der Waals surface area (Å²) >= 11 is 22.8. The molecule has 0 aliphatic carbocycles. The lowest BCUT2D eigenvalue weighted by molar-refractivity contribution is -0.131. The van der Waals surface area contributed by atoms with Gasteiger partial charge in [0.25, 0.3) is 9.70 Å². The molecule has 0 spiro atoms. The highest BCUT2D eigenvalue weighted by molar-refractivity contribution is 6.76. The lowest BCUT2D eigenvalue weighted by Crippen LogP contribution is -2.43. The lowest BCUT2D eigenvalue weighted by Gasteiger charge is -2.23. The van der Waals surface area contributed by atoms with Crippen LogP contribution < -0.4 is 5.32 Å². The summed E-state index contributed by atoms with van der Waals surface area (Å²) in [6.07, 6.45) is 1.24. The van der Waals surface area contributed by atoms with Gasteiger partial charge < -0.3 is 10.1 Å². The third-order valence-electron chi connectivity index (χ3n) is 4.33. The third kappa shape index (κ3) is 6.51. The fourth-order valence-electron chi connectivity index (χ4n) is 2.79. The first-order chi connectivity index (χ1) is 13.5. The van der Waals surface area contributed by atoms with Crippen LogP contribution in [-0.2, 0) is 20.7 Å². The van der Waals surface area contributed by atoms with E-state index in [0.29, 0.717) is 6.42 Å². The Morgan fingerprint density at radius 2 is 1.90 bits per heavy atom. The van der Waals surface area contributed by atoms with Crippen molar-refractivity contribution in [3.8, 4) is 0 Å². The SMILES string of the molecule is C[C@H](/C=C(\Cl)[C@H](C)NC(=O)C(Cl)(Cl)Cl)C(=O)N1C(=O)OC[C@H]1Cc1ccccc1. The molecule has 1 aliphatic heterocycles. The largest absolute Gasteiger partial charge is 0.447 e. The lowest BCUT2D eigenvalue weighted by atomic mass is 10.0. The van der Waals surface area contributed by atoms with E-state index < -0.39 is 39.7 Å². The van der Waals surface area contributed by atoms with E-state index in [0.717, 1.165) is 10.5 Å². The van der Waals surface area contributed by atoms with Crippen molar-refractivity contribution in [2.24, 2.45) is 5.92 Å². The predicted octanol–water partition coefficient (Wildman–Crippen LogP) is 4.21. The molecule has 0 saturated carbocycles. The van der Waals surface area contributed by atoms with Crippen LogP contribution >= 0.6 is 46.4 Å². The molecule has 2 rings (SSSR count). The maximum absolute atomic E-state index is 12.9. The minimum absolute atomic E-state index is 0.124. The number of nitrogens with one attached hydrogen (secondary N) is 1. The van der Waals surface area contributed by atoms with Gasteiger partial charge in [-0.25, -0.2) is 9.69 Å². The summed E-state index contributed by atoms with van der Waals surface area (Å²) < 4.78 is 2.95. The van der Waals surface area contributed by atoms with Crippen LogP contribution in [0.15, 0.2) is 41.4 Å². The summed E-state index contributed by atoms with van der Waals surface area (Å²) in [7, 11) is 0. The quantitative estimate of drug-likeness (QED) is 0.617. The number of hydrogen-bond donors (Lipinski definition) is 1. The van der Waals surface area contributed by atoms with Crippen LogP contribution in [0.4, 0.5) is 4.79 Å². The van der Waals surface area contributed by atoms with Gasteiger partial charge in [0.05, 0.1) is 18.0 Å². The molecule has 1 heterocycles. The summed E-state index contributed by atoms with van der Waals surface area (Å²) in [5.41, 5.74) is 0.984. The van der Waals surface area contributed by atoms with Crippen LogP contribution in [0.25, 0.3) is 0 Å². The average Bonchev–Trinajstić information content (AvgIpc) is 3.01. The highest BCUT2D eigenvalue weighted by atomic mass is 35.6. The molecule has 3 amide bonds. The molecular formula is C19H20Cl4N2O4. The van der Waals surface area contributed by atoms with Gasteiger partial charge in [0.1, 0.15) is 6.61 Å². The van der Waals surface area contributed by atoms with Crippen LogP contribution in [0.1, 0.15) is 19.4 Å². The summed E-state index contributed by atoms with van der Waals surface area (Å²) in [6, 6.07) is 8.39. The van der Waals surface area contributed by atoms with Crippen molar-refractivity contribution in [1.29, 1.82) is 0 Å². The number of cyclic esters (lactones) is 1. The molecule has 6 nitrogen and oxygen atoms in total. The van der Waals surface area contributed by atoms with Crippen LogP contribution in [0.3, 0.4) is 0 Å². The molecule has 0 radical (unpaired) electrons. The van der Waals surface area contributed by atoms with E-state index in [9.17, 15) is 14.4 Å². The molecule has 1 aliphatic rings. The molecule has 0 unspecified atom stereocenters. The number of ether oxygens (including phenoxy) is 1. The second-order valence-corrected chi connectivity index (χ2v) is 9.38. The number of carbonyl (C=O) groups excluding carboxylic acids is 3. The zero-order valence-electron chi connectivity index (χ0n) is 15.7. The summed E-state index contributed by atoms with van der Waals surface area (Å²) in [5.74, 6) is -2.03. The van der Waals surface area contributed by atoms with E-state index in [2.05, 4.69) is 5.32 Å². The highest BCUT2D eigenvalue weighted by Crippen LogP contribution is 2.27. The van der Waals surface area contributed by atoms with Crippen molar-refractivity contribution in [2.75, 3.05) is 6.61 Å².